The lowest BCUT2D eigenvalue weighted by atomic mass is 9.94. The van der Waals surface area contributed by atoms with Gasteiger partial charge in [0.1, 0.15) is 17.6 Å². The summed E-state index contributed by atoms with van der Waals surface area (Å²) in [5.41, 5.74) is 2.20. The number of ether oxygens (including phenoxy) is 3. The van der Waals surface area contributed by atoms with Gasteiger partial charge in [-0.05, 0) is 81.7 Å². The Kier molecular flexibility index (Phi) is 8.85. The van der Waals surface area contributed by atoms with Crippen LogP contribution in [0.1, 0.15) is 56.8 Å². The van der Waals surface area contributed by atoms with Crippen LogP contribution in [0.5, 0.6) is 17.2 Å². The Morgan fingerprint density at radius 2 is 1.90 bits per heavy atom. The molecule has 2 aromatic carbocycles. The van der Waals surface area contributed by atoms with Crippen LogP contribution in [0.15, 0.2) is 42.0 Å². The quantitative estimate of drug-likeness (QED) is 0.250. The van der Waals surface area contributed by atoms with Crippen LogP contribution in [0.4, 0.5) is 0 Å². The van der Waals surface area contributed by atoms with E-state index in [-0.39, 0.29) is 17.4 Å². The van der Waals surface area contributed by atoms with Crippen LogP contribution >= 0.6 is 0 Å². The zero-order valence-electron chi connectivity index (χ0n) is 23.8. The minimum absolute atomic E-state index is 0.0484. The summed E-state index contributed by atoms with van der Waals surface area (Å²) in [7, 11) is 3.82. The maximum atomic E-state index is 13.4. The third-order valence-electron chi connectivity index (χ3n) is 7.03. The van der Waals surface area contributed by atoms with E-state index in [1.165, 1.54) is 4.90 Å². The molecule has 4 rings (SSSR count). The highest BCUT2D eigenvalue weighted by Gasteiger charge is 2.46. The molecule has 2 aliphatic rings. The molecule has 8 nitrogen and oxygen atoms in total. The second-order valence-electron chi connectivity index (χ2n) is 10.9. The molecule has 0 spiro atoms. The van der Waals surface area contributed by atoms with Crippen molar-refractivity contribution in [1.82, 2.24) is 9.80 Å². The third kappa shape index (κ3) is 6.22. The van der Waals surface area contributed by atoms with Crippen LogP contribution in [0.2, 0.25) is 0 Å². The molecule has 39 heavy (non-hydrogen) atoms. The monoisotopic (exact) mass is 536 g/mol. The number of carbonyl (C=O) groups excluding carboxylic acids is 2. The van der Waals surface area contributed by atoms with Crippen LogP contribution < -0.4 is 14.2 Å². The predicted octanol–water partition coefficient (Wildman–Crippen LogP) is 4.82. The van der Waals surface area contributed by atoms with Crippen LogP contribution in [0, 0.1) is 5.92 Å². The molecule has 0 bridgehead atoms. The second-order valence-corrected chi connectivity index (χ2v) is 10.9. The zero-order chi connectivity index (χ0) is 28.3. The Hall–Kier alpha value is -3.52. The van der Waals surface area contributed by atoms with Crippen molar-refractivity contribution in [3.8, 4) is 17.2 Å². The normalized spacial score (nSPS) is 20.1. The van der Waals surface area contributed by atoms with E-state index in [1.807, 2.05) is 63.2 Å². The molecular formula is C31H40N2O6. The highest BCUT2D eigenvalue weighted by Crippen LogP contribution is 2.42. The molecule has 0 aliphatic carbocycles. The summed E-state index contributed by atoms with van der Waals surface area (Å²) in [6, 6.07) is 10.1. The molecule has 2 heterocycles. The van der Waals surface area contributed by atoms with E-state index in [1.54, 1.807) is 6.07 Å². The minimum Gasteiger partial charge on any atom is -0.507 e. The number of amides is 1. The SMILES string of the molecule is CCOc1cc([C@H]2C(=C(O)c3ccc4c(c3)C[C@H](C)O4)C(=O)C(=O)N2CCN(C)C)ccc1OCCC(C)C. The van der Waals surface area contributed by atoms with Gasteiger partial charge < -0.3 is 29.1 Å². The van der Waals surface area contributed by atoms with Crippen molar-refractivity contribution in [2.75, 3.05) is 40.4 Å². The summed E-state index contributed by atoms with van der Waals surface area (Å²) < 4.78 is 17.7. The summed E-state index contributed by atoms with van der Waals surface area (Å²) in [5, 5.41) is 11.5. The van der Waals surface area contributed by atoms with Crippen molar-refractivity contribution in [3.05, 3.63) is 58.7 Å². The van der Waals surface area contributed by atoms with E-state index < -0.39 is 17.7 Å². The number of likely N-dealkylation sites (tertiary alicyclic amines) is 1. The summed E-state index contributed by atoms with van der Waals surface area (Å²) in [6.45, 7) is 10.0. The summed E-state index contributed by atoms with van der Waals surface area (Å²) in [6.07, 6.45) is 1.67. The number of nitrogens with zero attached hydrogens (tertiary/aromatic N) is 2. The lowest BCUT2D eigenvalue weighted by molar-refractivity contribution is -0.140. The van der Waals surface area contributed by atoms with Gasteiger partial charge in [0.2, 0.25) is 0 Å². The van der Waals surface area contributed by atoms with Gasteiger partial charge in [-0.25, -0.2) is 0 Å². The van der Waals surface area contributed by atoms with Gasteiger partial charge in [-0.3, -0.25) is 9.59 Å². The summed E-state index contributed by atoms with van der Waals surface area (Å²) in [5.74, 6) is 0.915. The number of ketones is 1. The lowest BCUT2D eigenvalue weighted by Crippen LogP contribution is -2.35. The highest BCUT2D eigenvalue weighted by molar-refractivity contribution is 6.46. The number of aliphatic hydroxyl groups is 1. The molecular weight excluding hydrogens is 496 g/mol. The molecule has 1 saturated heterocycles. The van der Waals surface area contributed by atoms with Gasteiger partial charge in [0.25, 0.3) is 11.7 Å². The van der Waals surface area contributed by atoms with Crippen molar-refractivity contribution in [3.63, 3.8) is 0 Å². The fourth-order valence-electron chi connectivity index (χ4n) is 4.98. The molecule has 0 aromatic heterocycles. The Bertz CT molecular complexity index is 1250. The molecule has 2 atom stereocenters. The second kappa shape index (κ2) is 12.1. The molecule has 0 radical (unpaired) electrons. The third-order valence-corrected chi connectivity index (χ3v) is 7.03. The number of hydrogen-bond donors (Lipinski definition) is 1. The average Bonchev–Trinajstić information content (AvgIpc) is 3.38. The van der Waals surface area contributed by atoms with Crippen molar-refractivity contribution in [1.29, 1.82) is 0 Å². The number of aliphatic hydroxyl groups excluding tert-OH is 1. The minimum atomic E-state index is -0.766. The average molecular weight is 537 g/mol. The number of rotatable bonds is 11. The van der Waals surface area contributed by atoms with Gasteiger partial charge in [0, 0.05) is 25.1 Å². The first-order chi connectivity index (χ1) is 18.6. The maximum absolute atomic E-state index is 13.4. The highest BCUT2D eigenvalue weighted by atomic mass is 16.5. The van der Waals surface area contributed by atoms with Crippen LogP contribution in [-0.4, -0.2) is 73.1 Å². The smallest absolute Gasteiger partial charge is 0.295 e. The zero-order valence-corrected chi connectivity index (χ0v) is 23.8. The van der Waals surface area contributed by atoms with Gasteiger partial charge in [-0.15, -0.1) is 0 Å². The van der Waals surface area contributed by atoms with Crippen LogP contribution in [0.3, 0.4) is 0 Å². The largest absolute Gasteiger partial charge is 0.507 e. The van der Waals surface area contributed by atoms with Gasteiger partial charge >= 0.3 is 0 Å². The van der Waals surface area contributed by atoms with Crippen LogP contribution in [-0.2, 0) is 16.0 Å². The van der Waals surface area contributed by atoms with Gasteiger partial charge in [-0.1, -0.05) is 19.9 Å². The molecule has 1 N–H and O–H groups in total. The fraction of sp³-hybridized carbons (Fsp3) is 0.484. The molecule has 2 aromatic rings. The number of benzene rings is 2. The van der Waals surface area contributed by atoms with Crippen molar-refractivity contribution >= 4 is 17.4 Å². The number of fused-ring (bicyclic) bond motifs is 1. The standard InChI is InChI=1S/C31H40N2O6/c1-7-37-26-18-21(8-11-25(26)38-15-12-19(2)3)28-27(30(35)31(36)33(28)14-13-32(5)6)29(34)22-9-10-24-23(17-22)16-20(4)39-24/h8-11,17-20,28,34H,7,12-16H2,1-6H3/t20-,28-/m0/s1. The van der Waals surface area contributed by atoms with Crippen molar-refractivity contribution in [2.24, 2.45) is 5.92 Å². The van der Waals surface area contributed by atoms with E-state index in [0.29, 0.717) is 61.3 Å². The van der Waals surface area contributed by atoms with Gasteiger partial charge in [0.05, 0.1) is 24.8 Å². The molecule has 1 amide bonds. The number of carbonyl (C=O) groups is 2. The van der Waals surface area contributed by atoms with E-state index >= 15 is 0 Å². The molecule has 0 unspecified atom stereocenters. The summed E-state index contributed by atoms with van der Waals surface area (Å²) >= 11 is 0. The van der Waals surface area contributed by atoms with E-state index in [2.05, 4.69) is 13.8 Å². The molecule has 2 aliphatic heterocycles. The Morgan fingerprint density at radius 3 is 2.59 bits per heavy atom. The number of Topliss-reactive ketones (excluding diaryl/α,β-unsaturated/α-hetero) is 1. The Balaban J connectivity index is 1.78. The first-order valence-corrected chi connectivity index (χ1v) is 13.7. The van der Waals surface area contributed by atoms with Crippen molar-refractivity contribution in [2.45, 2.75) is 52.7 Å². The first kappa shape index (κ1) is 28.5. The van der Waals surface area contributed by atoms with Crippen LogP contribution in [0.25, 0.3) is 5.76 Å². The Morgan fingerprint density at radius 1 is 1.13 bits per heavy atom. The maximum Gasteiger partial charge on any atom is 0.295 e. The lowest BCUT2D eigenvalue weighted by Gasteiger charge is -2.27. The van der Waals surface area contributed by atoms with Gasteiger partial charge in [-0.2, -0.15) is 0 Å². The molecule has 8 heteroatoms. The number of hydrogen-bond acceptors (Lipinski definition) is 7. The Labute approximate surface area is 231 Å². The van der Waals surface area contributed by atoms with E-state index in [4.69, 9.17) is 14.2 Å². The van der Waals surface area contributed by atoms with E-state index in [0.717, 1.165) is 17.7 Å². The number of likely N-dealkylation sites (N-methyl/N-ethyl adjacent to an activating group) is 1. The molecule has 1 fully saturated rings. The van der Waals surface area contributed by atoms with Crippen molar-refractivity contribution < 1.29 is 28.9 Å². The topological polar surface area (TPSA) is 88.5 Å². The molecule has 210 valence electrons. The van der Waals surface area contributed by atoms with Gasteiger partial charge in [0.15, 0.2) is 11.5 Å². The predicted molar refractivity (Wildman–Crippen MR) is 150 cm³/mol. The van der Waals surface area contributed by atoms with E-state index in [9.17, 15) is 14.7 Å². The summed E-state index contributed by atoms with van der Waals surface area (Å²) in [4.78, 5) is 30.2. The molecule has 0 saturated carbocycles. The fourth-order valence-corrected chi connectivity index (χ4v) is 4.98. The first-order valence-electron chi connectivity index (χ1n) is 13.7.